The van der Waals surface area contributed by atoms with Gasteiger partial charge in [-0.05, 0) is 29.8 Å². The van der Waals surface area contributed by atoms with Crippen LogP contribution >= 0.6 is 0 Å². The summed E-state index contributed by atoms with van der Waals surface area (Å²) in [5.74, 6) is -0.386. The zero-order valence-electron chi connectivity index (χ0n) is 14.3. The molecule has 1 aliphatic rings. The molecule has 0 bridgehead atoms. The molecule has 128 valence electrons. The molecule has 3 aromatic rings. The third-order valence-corrected chi connectivity index (χ3v) is 4.36. The van der Waals surface area contributed by atoms with E-state index >= 15 is 0 Å². The third kappa shape index (κ3) is 2.95. The second kappa shape index (κ2) is 6.80. The second-order valence-electron chi connectivity index (χ2n) is 5.94. The van der Waals surface area contributed by atoms with E-state index in [1.807, 2.05) is 30.5 Å². The molecular weight excluding hydrogens is 326 g/mol. The highest BCUT2D eigenvalue weighted by Gasteiger charge is 2.19. The second-order valence-corrected chi connectivity index (χ2v) is 5.94. The highest BCUT2D eigenvalue weighted by Crippen LogP contribution is 2.36. The van der Waals surface area contributed by atoms with Crippen molar-refractivity contribution < 1.29 is 9.53 Å². The van der Waals surface area contributed by atoms with Crippen molar-refractivity contribution in [3.63, 3.8) is 0 Å². The molecule has 0 fully saturated rings. The number of pyridine rings is 2. The maximum atomic E-state index is 11.6. The van der Waals surface area contributed by atoms with Gasteiger partial charge < -0.3 is 9.64 Å². The maximum Gasteiger partial charge on any atom is 0.339 e. The summed E-state index contributed by atoms with van der Waals surface area (Å²) in [6.45, 7) is 0.568. The molecule has 3 heterocycles. The molecule has 26 heavy (non-hydrogen) atoms. The van der Waals surface area contributed by atoms with Crippen molar-refractivity contribution >= 4 is 29.5 Å². The van der Waals surface area contributed by atoms with Crippen LogP contribution in [0.15, 0.2) is 61.1 Å². The Kier molecular flexibility index (Phi) is 4.19. The molecule has 0 N–H and O–H groups in total. The van der Waals surface area contributed by atoms with Crippen LogP contribution in [0.1, 0.15) is 27.2 Å². The average molecular weight is 343 g/mol. The van der Waals surface area contributed by atoms with E-state index in [1.54, 1.807) is 18.5 Å². The number of aromatic nitrogens is 2. The van der Waals surface area contributed by atoms with Crippen molar-refractivity contribution in [1.29, 1.82) is 0 Å². The van der Waals surface area contributed by atoms with Crippen LogP contribution < -0.4 is 4.90 Å². The SMILES string of the molecule is COC(=O)c1ccc(CN2c3ccccc3C=Cc3ccncc32)nc1. The van der Waals surface area contributed by atoms with Gasteiger partial charge in [0.15, 0.2) is 0 Å². The van der Waals surface area contributed by atoms with Crippen LogP contribution in [0.25, 0.3) is 12.2 Å². The lowest BCUT2D eigenvalue weighted by Crippen LogP contribution is -2.19. The zero-order valence-corrected chi connectivity index (χ0v) is 14.3. The van der Waals surface area contributed by atoms with E-state index in [4.69, 9.17) is 4.74 Å². The lowest BCUT2D eigenvalue weighted by molar-refractivity contribution is 0.0600. The van der Waals surface area contributed by atoms with Crippen LogP contribution in [-0.2, 0) is 11.3 Å². The fourth-order valence-corrected chi connectivity index (χ4v) is 3.04. The fraction of sp³-hybridized carbons (Fsp3) is 0.0952. The number of fused-ring (bicyclic) bond motifs is 2. The van der Waals surface area contributed by atoms with Crippen LogP contribution in [0, 0.1) is 0 Å². The molecule has 0 spiro atoms. The topological polar surface area (TPSA) is 55.3 Å². The van der Waals surface area contributed by atoms with E-state index in [-0.39, 0.29) is 5.97 Å². The molecule has 2 aromatic heterocycles. The quantitative estimate of drug-likeness (QED) is 0.671. The van der Waals surface area contributed by atoms with Crippen molar-refractivity contribution in [2.24, 2.45) is 0 Å². The lowest BCUT2D eigenvalue weighted by atomic mass is 10.1. The first-order valence-electron chi connectivity index (χ1n) is 8.28. The molecule has 4 rings (SSSR count). The largest absolute Gasteiger partial charge is 0.465 e. The Morgan fingerprint density at radius 1 is 1.00 bits per heavy atom. The summed E-state index contributed by atoms with van der Waals surface area (Å²) in [6.07, 6.45) is 9.42. The minimum Gasteiger partial charge on any atom is -0.465 e. The predicted octanol–water partition coefficient (Wildman–Crippen LogP) is 4.09. The minimum atomic E-state index is -0.386. The van der Waals surface area contributed by atoms with Crippen LogP contribution in [0.5, 0.6) is 0 Å². The number of nitrogens with zero attached hydrogens (tertiary/aromatic N) is 3. The molecule has 0 unspecified atom stereocenters. The van der Waals surface area contributed by atoms with E-state index in [0.29, 0.717) is 12.1 Å². The summed E-state index contributed by atoms with van der Waals surface area (Å²) in [6, 6.07) is 13.8. The fourth-order valence-electron chi connectivity index (χ4n) is 3.04. The van der Waals surface area contributed by atoms with Crippen molar-refractivity contribution in [3.05, 3.63) is 83.4 Å². The van der Waals surface area contributed by atoms with Gasteiger partial charge in [-0.15, -0.1) is 0 Å². The summed E-state index contributed by atoms with van der Waals surface area (Å²) in [5.41, 5.74) is 5.64. The van der Waals surface area contributed by atoms with E-state index in [0.717, 1.165) is 28.2 Å². The number of ether oxygens (including phenoxy) is 1. The molecule has 5 heteroatoms. The van der Waals surface area contributed by atoms with Gasteiger partial charge in [0, 0.05) is 23.6 Å². The Bertz CT molecular complexity index is 931. The normalized spacial score (nSPS) is 12.1. The highest BCUT2D eigenvalue weighted by atomic mass is 16.5. The van der Waals surface area contributed by atoms with Gasteiger partial charge in [0.2, 0.25) is 0 Å². The number of esters is 1. The number of methoxy groups -OCH3 is 1. The van der Waals surface area contributed by atoms with Crippen LogP contribution in [0.2, 0.25) is 0 Å². The number of hydrogen-bond acceptors (Lipinski definition) is 5. The summed E-state index contributed by atoms with van der Waals surface area (Å²) in [4.78, 5) is 22.5. The van der Waals surface area contributed by atoms with Gasteiger partial charge in [0.05, 0.1) is 36.8 Å². The number of benzene rings is 1. The molecule has 0 amide bonds. The van der Waals surface area contributed by atoms with Gasteiger partial charge in [-0.1, -0.05) is 30.4 Å². The van der Waals surface area contributed by atoms with E-state index in [2.05, 4.69) is 39.2 Å². The number of anilines is 2. The summed E-state index contributed by atoms with van der Waals surface area (Å²) in [5, 5.41) is 0. The van der Waals surface area contributed by atoms with Crippen LogP contribution in [-0.4, -0.2) is 23.0 Å². The molecular formula is C21H17N3O2. The van der Waals surface area contributed by atoms with E-state index in [1.165, 1.54) is 7.11 Å². The van der Waals surface area contributed by atoms with Crippen LogP contribution in [0.4, 0.5) is 11.4 Å². The summed E-state index contributed by atoms with van der Waals surface area (Å²) in [7, 11) is 1.36. The van der Waals surface area contributed by atoms with Crippen LogP contribution in [0.3, 0.4) is 0 Å². The molecule has 0 saturated carbocycles. The van der Waals surface area contributed by atoms with Crippen molar-refractivity contribution in [1.82, 2.24) is 9.97 Å². The first-order valence-corrected chi connectivity index (χ1v) is 8.28. The third-order valence-electron chi connectivity index (χ3n) is 4.36. The van der Waals surface area contributed by atoms with Gasteiger partial charge in [-0.3, -0.25) is 9.97 Å². The predicted molar refractivity (Wildman–Crippen MR) is 101 cm³/mol. The number of rotatable bonds is 3. The van der Waals surface area contributed by atoms with Gasteiger partial charge >= 0.3 is 5.97 Å². The Hall–Kier alpha value is -3.47. The first kappa shape index (κ1) is 16.0. The number of para-hydroxylation sites is 1. The Morgan fingerprint density at radius 3 is 2.58 bits per heavy atom. The maximum absolute atomic E-state index is 11.6. The zero-order chi connectivity index (χ0) is 17.9. The molecule has 1 aromatic carbocycles. The minimum absolute atomic E-state index is 0.386. The highest BCUT2D eigenvalue weighted by molar-refractivity contribution is 5.89. The van der Waals surface area contributed by atoms with Crippen molar-refractivity contribution in [3.8, 4) is 0 Å². The lowest BCUT2D eigenvalue weighted by Gasteiger charge is -2.26. The smallest absolute Gasteiger partial charge is 0.339 e. The number of carbonyl (C=O) groups excluding carboxylic acids is 1. The summed E-state index contributed by atoms with van der Waals surface area (Å²) < 4.78 is 4.73. The molecule has 1 aliphatic heterocycles. The first-order chi connectivity index (χ1) is 12.8. The van der Waals surface area contributed by atoms with Gasteiger partial charge in [0.1, 0.15) is 0 Å². The molecule has 0 aliphatic carbocycles. The molecule has 0 atom stereocenters. The molecule has 0 radical (unpaired) electrons. The van der Waals surface area contributed by atoms with Gasteiger partial charge in [-0.2, -0.15) is 0 Å². The summed E-state index contributed by atoms with van der Waals surface area (Å²) >= 11 is 0. The van der Waals surface area contributed by atoms with Gasteiger partial charge in [-0.25, -0.2) is 4.79 Å². The van der Waals surface area contributed by atoms with E-state index < -0.39 is 0 Å². The monoisotopic (exact) mass is 343 g/mol. The number of hydrogen-bond donors (Lipinski definition) is 0. The van der Waals surface area contributed by atoms with Crippen molar-refractivity contribution in [2.75, 3.05) is 12.0 Å². The Labute approximate surface area is 151 Å². The van der Waals surface area contributed by atoms with E-state index in [9.17, 15) is 4.79 Å². The Balaban J connectivity index is 1.74. The van der Waals surface area contributed by atoms with Crippen molar-refractivity contribution in [2.45, 2.75) is 6.54 Å². The average Bonchev–Trinajstić information content (AvgIpc) is 2.86. The standard InChI is InChI=1S/C21H17N3O2/c1-26-21(25)17-8-9-18(23-12-17)14-24-19-5-3-2-4-15(19)6-7-16-10-11-22-13-20(16)24/h2-13H,14H2,1H3. The van der Waals surface area contributed by atoms with Gasteiger partial charge in [0.25, 0.3) is 0 Å². The molecule has 5 nitrogen and oxygen atoms in total. The Morgan fingerprint density at radius 2 is 1.81 bits per heavy atom. The number of carbonyl (C=O) groups is 1. The molecule has 0 saturated heterocycles.